The van der Waals surface area contributed by atoms with E-state index in [1.54, 1.807) is 49.4 Å². The molecule has 0 saturated heterocycles. The molecule has 1 atom stereocenters. The number of carbonyl (C=O) groups is 2. The Morgan fingerprint density at radius 1 is 0.971 bits per heavy atom. The lowest BCUT2D eigenvalue weighted by Crippen LogP contribution is -2.49. The standard InChI is InChI=1S/C24H30Cl3N3O4S/c1-16(2)28-24(32)17(3)29(15-18-7-12-21(26)22(27)14-18)23(31)6-5-13-30(35(4,33)34)20-10-8-19(25)9-11-20/h7-12,14,16-17H,5-6,13,15H2,1-4H3,(H,28,32)/t17-/m0/s1. The lowest BCUT2D eigenvalue weighted by Gasteiger charge is -2.30. The van der Waals surface area contributed by atoms with E-state index in [4.69, 9.17) is 34.8 Å². The van der Waals surface area contributed by atoms with E-state index >= 15 is 0 Å². The number of amides is 2. The highest BCUT2D eigenvalue weighted by Crippen LogP contribution is 2.25. The van der Waals surface area contributed by atoms with Crippen molar-refractivity contribution in [2.24, 2.45) is 0 Å². The van der Waals surface area contributed by atoms with Crippen molar-refractivity contribution in [1.29, 1.82) is 0 Å². The van der Waals surface area contributed by atoms with Crippen LogP contribution in [0.3, 0.4) is 0 Å². The zero-order valence-electron chi connectivity index (χ0n) is 20.1. The fraction of sp³-hybridized carbons (Fsp3) is 0.417. The van der Waals surface area contributed by atoms with Gasteiger partial charge in [-0.3, -0.25) is 13.9 Å². The van der Waals surface area contributed by atoms with Crippen LogP contribution in [0.4, 0.5) is 5.69 Å². The van der Waals surface area contributed by atoms with Crippen molar-refractivity contribution in [3.8, 4) is 0 Å². The summed E-state index contributed by atoms with van der Waals surface area (Å²) in [5, 5.41) is 4.06. The lowest BCUT2D eigenvalue weighted by molar-refractivity contribution is -0.140. The highest BCUT2D eigenvalue weighted by atomic mass is 35.5. The SMILES string of the molecule is CC(C)NC(=O)[C@H](C)N(Cc1ccc(Cl)c(Cl)c1)C(=O)CCCN(c1ccc(Cl)cc1)S(C)(=O)=O. The summed E-state index contributed by atoms with van der Waals surface area (Å²) in [5.74, 6) is -0.570. The number of sulfonamides is 1. The van der Waals surface area contributed by atoms with E-state index in [1.165, 1.54) is 9.21 Å². The van der Waals surface area contributed by atoms with Crippen molar-refractivity contribution in [2.75, 3.05) is 17.1 Å². The number of benzene rings is 2. The normalized spacial score (nSPS) is 12.3. The third-order valence-electron chi connectivity index (χ3n) is 5.20. The highest BCUT2D eigenvalue weighted by Gasteiger charge is 2.27. The first-order chi connectivity index (χ1) is 16.3. The number of hydrogen-bond donors (Lipinski definition) is 1. The van der Waals surface area contributed by atoms with Gasteiger partial charge in [-0.1, -0.05) is 40.9 Å². The molecule has 2 rings (SSSR count). The predicted octanol–water partition coefficient (Wildman–Crippen LogP) is 5.13. The van der Waals surface area contributed by atoms with E-state index in [2.05, 4.69) is 5.32 Å². The van der Waals surface area contributed by atoms with Gasteiger partial charge < -0.3 is 10.2 Å². The van der Waals surface area contributed by atoms with Gasteiger partial charge in [-0.25, -0.2) is 8.42 Å². The fourth-order valence-corrected chi connectivity index (χ4v) is 4.85. The number of hydrogen-bond acceptors (Lipinski definition) is 4. The summed E-state index contributed by atoms with van der Waals surface area (Å²) in [6.45, 7) is 5.58. The topological polar surface area (TPSA) is 86.8 Å². The van der Waals surface area contributed by atoms with Crippen LogP contribution in [0.25, 0.3) is 0 Å². The first kappa shape index (κ1) is 29.2. The van der Waals surface area contributed by atoms with Gasteiger partial charge in [-0.2, -0.15) is 0 Å². The minimum atomic E-state index is -3.58. The fourth-order valence-electron chi connectivity index (χ4n) is 3.43. The molecule has 11 heteroatoms. The number of halogens is 3. The monoisotopic (exact) mass is 561 g/mol. The molecule has 2 aromatic rings. The maximum absolute atomic E-state index is 13.2. The lowest BCUT2D eigenvalue weighted by atomic mass is 10.1. The first-order valence-electron chi connectivity index (χ1n) is 11.1. The molecule has 1 N–H and O–H groups in total. The van der Waals surface area contributed by atoms with Crippen molar-refractivity contribution in [3.63, 3.8) is 0 Å². The van der Waals surface area contributed by atoms with Gasteiger partial charge in [0.25, 0.3) is 0 Å². The Labute approximate surface area is 222 Å². The van der Waals surface area contributed by atoms with Crippen LogP contribution in [0.15, 0.2) is 42.5 Å². The average Bonchev–Trinajstić information content (AvgIpc) is 2.76. The molecule has 0 spiro atoms. The summed E-state index contributed by atoms with van der Waals surface area (Å²) in [5.41, 5.74) is 1.18. The van der Waals surface area contributed by atoms with Crippen molar-refractivity contribution in [1.82, 2.24) is 10.2 Å². The second-order valence-corrected chi connectivity index (χ2v) is 11.7. The van der Waals surface area contributed by atoms with Gasteiger partial charge in [0.2, 0.25) is 21.8 Å². The average molecular weight is 563 g/mol. The van der Waals surface area contributed by atoms with Crippen LogP contribution in [0.1, 0.15) is 39.2 Å². The van der Waals surface area contributed by atoms with E-state index in [1.807, 2.05) is 13.8 Å². The second kappa shape index (κ2) is 12.8. The molecule has 0 aliphatic heterocycles. The van der Waals surface area contributed by atoms with E-state index < -0.39 is 16.1 Å². The van der Waals surface area contributed by atoms with Crippen LogP contribution in [0, 0.1) is 0 Å². The summed E-state index contributed by atoms with van der Waals surface area (Å²) in [7, 11) is -3.58. The summed E-state index contributed by atoms with van der Waals surface area (Å²) < 4.78 is 25.9. The molecule has 0 bridgehead atoms. The smallest absolute Gasteiger partial charge is 0.242 e. The van der Waals surface area contributed by atoms with E-state index in [-0.39, 0.29) is 43.8 Å². The molecule has 7 nitrogen and oxygen atoms in total. The Bertz CT molecular complexity index is 1140. The van der Waals surface area contributed by atoms with Crippen molar-refractivity contribution >= 4 is 62.3 Å². The van der Waals surface area contributed by atoms with Crippen LogP contribution in [-0.2, 0) is 26.2 Å². The molecule has 192 valence electrons. The Kier molecular flexibility index (Phi) is 10.7. The van der Waals surface area contributed by atoms with Crippen molar-refractivity contribution in [3.05, 3.63) is 63.1 Å². The third kappa shape index (κ3) is 8.86. The van der Waals surface area contributed by atoms with Crippen LogP contribution in [-0.4, -0.2) is 50.0 Å². The van der Waals surface area contributed by atoms with Crippen LogP contribution in [0.2, 0.25) is 15.1 Å². The molecule has 0 heterocycles. The molecule has 35 heavy (non-hydrogen) atoms. The van der Waals surface area contributed by atoms with Gasteiger partial charge >= 0.3 is 0 Å². The summed E-state index contributed by atoms with van der Waals surface area (Å²) >= 11 is 18.1. The van der Waals surface area contributed by atoms with E-state index in [0.29, 0.717) is 20.8 Å². The quantitative estimate of drug-likeness (QED) is 0.411. The summed E-state index contributed by atoms with van der Waals surface area (Å²) in [6.07, 6.45) is 1.41. The Hall–Kier alpha value is -2.00. The summed E-state index contributed by atoms with van der Waals surface area (Å²) in [6, 6.07) is 10.6. The zero-order valence-corrected chi connectivity index (χ0v) is 23.2. The number of rotatable bonds is 11. The molecule has 0 aromatic heterocycles. The molecule has 0 saturated carbocycles. The van der Waals surface area contributed by atoms with Crippen molar-refractivity contribution in [2.45, 2.75) is 52.2 Å². The van der Waals surface area contributed by atoms with Gasteiger partial charge in [0, 0.05) is 30.6 Å². The van der Waals surface area contributed by atoms with Crippen molar-refractivity contribution < 1.29 is 18.0 Å². The maximum Gasteiger partial charge on any atom is 0.242 e. The molecular weight excluding hydrogens is 533 g/mol. The zero-order chi connectivity index (χ0) is 26.3. The number of nitrogens with one attached hydrogen (secondary N) is 1. The van der Waals surface area contributed by atoms with Crippen LogP contribution < -0.4 is 9.62 Å². The largest absolute Gasteiger partial charge is 0.352 e. The number of anilines is 1. The van der Waals surface area contributed by atoms with Gasteiger partial charge in [0.1, 0.15) is 6.04 Å². The second-order valence-electron chi connectivity index (χ2n) is 8.52. The minimum Gasteiger partial charge on any atom is -0.352 e. The molecule has 2 amide bonds. The maximum atomic E-state index is 13.2. The van der Waals surface area contributed by atoms with Crippen LogP contribution >= 0.6 is 34.8 Å². The molecule has 2 aromatic carbocycles. The minimum absolute atomic E-state index is 0.0419. The first-order valence-corrected chi connectivity index (χ1v) is 14.0. The van der Waals surface area contributed by atoms with E-state index in [9.17, 15) is 18.0 Å². The Balaban J connectivity index is 2.18. The van der Waals surface area contributed by atoms with Crippen LogP contribution in [0.5, 0.6) is 0 Å². The highest BCUT2D eigenvalue weighted by molar-refractivity contribution is 7.92. The molecule has 0 aliphatic carbocycles. The van der Waals surface area contributed by atoms with Gasteiger partial charge in [-0.05, 0) is 69.2 Å². The molecular formula is C24H30Cl3N3O4S. The molecule has 0 unspecified atom stereocenters. The molecule has 0 aliphatic rings. The Morgan fingerprint density at radius 2 is 1.60 bits per heavy atom. The van der Waals surface area contributed by atoms with E-state index in [0.717, 1.165) is 11.8 Å². The Morgan fingerprint density at radius 3 is 2.14 bits per heavy atom. The molecule has 0 radical (unpaired) electrons. The van der Waals surface area contributed by atoms with Gasteiger partial charge in [0.15, 0.2) is 0 Å². The summed E-state index contributed by atoms with van der Waals surface area (Å²) in [4.78, 5) is 27.4. The van der Waals surface area contributed by atoms with Gasteiger partial charge in [0.05, 0.1) is 22.0 Å². The number of nitrogens with zero attached hydrogens (tertiary/aromatic N) is 2. The molecule has 0 fully saturated rings. The predicted molar refractivity (Wildman–Crippen MR) is 143 cm³/mol. The third-order valence-corrected chi connectivity index (χ3v) is 7.39. The number of carbonyl (C=O) groups excluding carboxylic acids is 2. The van der Waals surface area contributed by atoms with Gasteiger partial charge in [-0.15, -0.1) is 0 Å².